The van der Waals surface area contributed by atoms with E-state index in [0.29, 0.717) is 46.5 Å². The zero-order valence-electron chi connectivity index (χ0n) is 19.9. The van der Waals surface area contributed by atoms with Gasteiger partial charge in [-0.05, 0) is 69.9 Å². The number of hydrogen-bond donors (Lipinski definition) is 2. The Morgan fingerprint density at radius 2 is 2.00 bits per heavy atom. The van der Waals surface area contributed by atoms with Crippen molar-refractivity contribution in [3.8, 4) is 17.2 Å². The van der Waals surface area contributed by atoms with Gasteiger partial charge in [0, 0.05) is 48.8 Å². The van der Waals surface area contributed by atoms with Crippen LogP contribution in [0.5, 0.6) is 0 Å². The van der Waals surface area contributed by atoms with Crippen LogP contribution in [0.1, 0.15) is 51.1 Å². The van der Waals surface area contributed by atoms with Crippen LogP contribution in [0.15, 0.2) is 24.5 Å². The molecule has 2 fully saturated rings. The summed E-state index contributed by atoms with van der Waals surface area (Å²) in [5.41, 5.74) is 2.32. The van der Waals surface area contributed by atoms with Crippen molar-refractivity contribution >= 4 is 17.3 Å². The highest BCUT2D eigenvalue weighted by atomic mass is 35.5. The highest BCUT2D eigenvalue weighted by molar-refractivity contribution is 6.32. The van der Waals surface area contributed by atoms with Gasteiger partial charge >= 0.3 is 0 Å². The van der Waals surface area contributed by atoms with Gasteiger partial charge in [0.05, 0.1) is 30.0 Å². The number of anilines is 1. The molecule has 2 aromatic rings. The number of methoxy groups -OCH3 is 1. The maximum absolute atomic E-state index is 14.7. The van der Waals surface area contributed by atoms with E-state index in [9.17, 15) is 9.65 Å². The van der Waals surface area contributed by atoms with Crippen LogP contribution in [0, 0.1) is 28.5 Å². The molecule has 2 N–H and O–H groups in total. The minimum Gasteiger partial charge on any atom is -0.383 e. The first-order chi connectivity index (χ1) is 16.4. The van der Waals surface area contributed by atoms with Crippen LogP contribution in [0.3, 0.4) is 0 Å². The van der Waals surface area contributed by atoms with Crippen molar-refractivity contribution in [1.29, 1.82) is 5.26 Å². The third-order valence-corrected chi connectivity index (χ3v) is 7.35. The first-order valence-corrected chi connectivity index (χ1v) is 12.5. The van der Waals surface area contributed by atoms with Crippen molar-refractivity contribution in [3.63, 3.8) is 0 Å². The molecular weight excluding hydrogens is 453 g/mol. The van der Waals surface area contributed by atoms with Gasteiger partial charge in [-0.25, -0.2) is 9.37 Å². The Hall–Kier alpha value is -2.27. The van der Waals surface area contributed by atoms with Crippen LogP contribution in [-0.4, -0.2) is 42.3 Å². The number of hydrogen-bond acceptors (Lipinski definition) is 6. The lowest BCUT2D eigenvalue weighted by molar-refractivity contribution is 0.158. The second-order valence-electron chi connectivity index (χ2n) is 9.91. The number of pyridine rings is 2. The van der Waals surface area contributed by atoms with E-state index >= 15 is 0 Å². The summed E-state index contributed by atoms with van der Waals surface area (Å²) < 4.78 is 20.0. The summed E-state index contributed by atoms with van der Waals surface area (Å²) in [6, 6.07) is 6.89. The summed E-state index contributed by atoms with van der Waals surface area (Å²) in [4.78, 5) is 8.62. The number of nitriles is 1. The van der Waals surface area contributed by atoms with Crippen LogP contribution in [0.4, 0.5) is 10.1 Å². The van der Waals surface area contributed by atoms with Gasteiger partial charge in [-0.15, -0.1) is 0 Å². The molecule has 34 heavy (non-hydrogen) atoms. The third kappa shape index (κ3) is 6.24. The molecule has 2 aliphatic carbocycles. The molecule has 6 nitrogen and oxygen atoms in total. The molecule has 2 heterocycles. The Morgan fingerprint density at radius 1 is 1.24 bits per heavy atom. The van der Waals surface area contributed by atoms with Crippen LogP contribution in [-0.2, 0) is 11.2 Å². The molecule has 182 valence electrons. The zero-order chi connectivity index (χ0) is 24.1. The highest BCUT2D eigenvalue weighted by Crippen LogP contribution is 2.45. The predicted octanol–water partition coefficient (Wildman–Crippen LogP) is 5.38. The topological polar surface area (TPSA) is 82.9 Å². The summed E-state index contributed by atoms with van der Waals surface area (Å²) in [7, 11) is 1.73. The summed E-state index contributed by atoms with van der Waals surface area (Å²) in [5.74, 6) is 0.164. The lowest BCUT2D eigenvalue weighted by atomic mass is 9.83. The molecule has 2 saturated carbocycles. The molecule has 0 radical (unpaired) electrons. The van der Waals surface area contributed by atoms with Gasteiger partial charge < -0.3 is 15.4 Å². The van der Waals surface area contributed by atoms with E-state index in [2.05, 4.69) is 33.6 Å². The van der Waals surface area contributed by atoms with Gasteiger partial charge in [0.15, 0.2) is 5.15 Å². The average Bonchev–Trinajstić information content (AvgIpc) is 3.62. The lowest BCUT2D eigenvalue weighted by Crippen LogP contribution is -2.41. The first-order valence-electron chi connectivity index (χ1n) is 12.1. The van der Waals surface area contributed by atoms with Crippen molar-refractivity contribution < 1.29 is 9.13 Å². The Balaban J connectivity index is 1.40. The molecule has 0 amide bonds. The summed E-state index contributed by atoms with van der Waals surface area (Å²) in [6.45, 7) is 3.39. The van der Waals surface area contributed by atoms with Crippen molar-refractivity contribution in [3.05, 3.63) is 41.2 Å². The van der Waals surface area contributed by atoms with Crippen LogP contribution in [0.25, 0.3) is 11.1 Å². The van der Waals surface area contributed by atoms with E-state index in [1.807, 2.05) is 12.1 Å². The highest BCUT2D eigenvalue weighted by Gasteiger charge is 2.43. The van der Waals surface area contributed by atoms with E-state index in [-0.39, 0.29) is 11.2 Å². The molecule has 0 saturated heterocycles. The van der Waals surface area contributed by atoms with Crippen LogP contribution >= 0.6 is 11.6 Å². The largest absolute Gasteiger partial charge is 0.383 e. The summed E-state index contributed by atoms with van der Waals surface area (Å²) >= 11 is 6.26. The molecular formula is C26H33ClFN5O. The minimum atomic E-state index is -0.380. The minimum absolute atomic E-state index is 0.315. The van der Waals surface area contributed by atoms with Crippen molar-refractivity contribution in [2.75, 3.05) is 25.6 Å². The lowest BCUT2D eigenvalue weighted by Gasteiger charge is -2.31. The second-order valence-corrected chi connectivity index (χ2v) is 10.3. The molecule has 1 atom stereocenters. The van der Waals surface area contributed by atoms with Gasteiger partial charge in [0.25, 0.3) is 0 Å². The molecule has 0 aromatic carbocycles. The number of nitrogens with one attached hydrogen (secondary N) is 2. The van der Waals surface area contributed by atoms with Gasteiger partial charge in [-0.1, -0.05) is 11.6 Å². The van der Waals surface area contributed by atoms with Crippen LogP contribution in [0.2, 0.25) is 5.15 Å². The molecule has 8 heteroatoms. The monoisotopic (exact) mass is 485 g/mol. The standard InChI is InChI=1S/C26H33ClFN5O/c1-17(14-34-2)33-20-5-3-18(4-6-20)9-21-11-22(23(28)13-30-21)19-10-24(25(27)31-12-19)32-16-26(15-29)7-8-26/h10-13,17-18,20,32-33H,3-9,14,16H2,1-2H3/t17-,18?,20?/m1/s1. The fraction of sp³-hybridized carbons (Fsp3) is 0.577. The Kier molecular flexibility index (Phi) is 8.02. The number of aromatic nitrogens is 2. The summed E-state index contributed by atoms with van der Waals surface area (Å²) in [6.07, 6.45) is 10.0. The predicted molar refractivity (Wildman–Crippen MR) is 132 cm³/mol. The van der Waals surface area contributed by atoms with E-state index in [4.69, 9.17) is 16.3 Å². The van der Waals surface area contributed by atoms with E-state index in [1.165, 1.54) is 6.20 Å². The van der Waals surface area contributed by atoms with E-state index in [0.717, 1.165) is 57.2 Å². The number of halogens is 2. The molecule has 2 aliphatic rings. The van der Waals surface area contributed by atoms with Crippen molar-refractivity contribution in [2.24, 2.45) is 11.3 Å². The Bertz CT molecular complexity index is 1030. The smallest absolute Gasteiger partial charge is 0.152 e. The van der Waals surface area contributed by atoms with Crippen molar-refractivity contribution in [2.45, 2.75) is 64.0 Å². The first kappa shape index (κ1) is 24.8. The van der Waals surface area contributed by atoms with Gasteiger partial charge in [0.1, 0.15) is 5.82 Å². The molecule has 0 unspecified atom stereocenters. The normalized spacial score (nSPS) is 22.1. The molecule has 2 aromatic heterocycles. The molecule has 4 rings (SSSR count). The zero-order valence-corrected chi connectivity index (χ0v) is 20.7. The average molecular weight is 486 g/mol. The molecule has 0 aliphatic heterocycles. The molecule has 0 spiro atoms. The van der Waals surface area contributed by atoms with Crippen LogP contribution < -0.4 is 10.6 Å². The Labute approximate surface area is 206 Å². The summed E-state index contributed by atoms with van der Waals surface area (Å²) in [5, 5.41) is 16.5. The number of ether oxygens (including phenoxy) is 1. The van der Waals surface area contributed by atoms with Gasteiger partial charge in [-0.3, -0.25) is 4.98 Å². The third-order valence-electron chi connectivity index (χ3n) is 7.05. The second kappa shape index (κ2) is 11.0. The maximum atomic E-state index is 14.7. The van der Waals surface area contributed by atoms with Crippen molar-refractivity contribution in [1.82, 2.24) is 15.3 Å². The number of rotatable bonds is 10. The maximum Gasteiger partial charge on any atom is 0.152 e. The fourth-order valence-corrected chi connectivity index (χ4v) is 4.98. The number of nitrogens with zero attached hydrogens (tertiary/aromatic N) is 3. The van der Waals surface area contributed by atoms with E-state index in [1.54, 1.807) is 13.3 Å². The van der Waals surface area contributed by atoms with Gasteiger partial charge in [0.2, 0.25) is 0 Å². The Morgan fingerprint density at radius 3 is 2.68 bits per heavy atom. The van der Waals surface area contributed by atoms with Gasteiger partial charge in [-0.2, -0.15) is 5.26 Å². The quantitative estimate of drug-likeness (QED) is 0.440. The molecule has 0 bridgehead atoms. The SMILES string of the molecule is COC[C@@H](C)NC1CCC(Cc2cc(-c3cnc(Cl)c(NCC4(C#N)CC4)c3)c(F)cn2)CC1. The van der Waals surface area contributed by atoms with E-state index < -0.39 is 0 Å². The fourth-order valence-electron chi connectivity index (χ4n) is 4.81.